The summed E-state index contributed by atoms with van der Waals surface area (Å²) in [6.07, 6.45) is 0.287. The number of carbonyl (C=O) groups is 2. The van der Waals surface area contributed by atoms with E-state index in [-0.39, 0.29) is 18.2 Å². The Hall–Kier alpha value is -3.36. The molecule has 1 unspecified atom stereocenters. The minimum absolute atomic E-state index is 0.00414. The molecule has 0 radical (unpaired) electrons. The average Bonchev–Trinajstić information content (AvgIpc) is 3.17. The molecule has 2 atom stereocenters. The summed E-state index contributed by atoms with van der Waals surface area (Å²) in [4.78, 5) is 25.5. The van der Waals surface area contributed by atoms with Crippen LogP contribution in [0.25, 0.3) is 11.1 Å². The van der Waals surface area contributed by atoms with Gasteiger partial charge in [0.1, 0.15) is 11.6 Å². The van der Waals surface area contributed by atoms with E-state index in [0.29, 0.717) is 5.02 Å². The number of nitrogens with zero attached hydrogens (tertiary/aromatic N) is 1. The summed E-state index contributed by atoms with van der Waals surface area (Å²) in [5.74, 6) is -1.28. The third-order valence-corrected chi connectivity index (χ3v) is 5.06. The minimum Gasteiger partial charge on any atom is -0.491 e. The number of hydrogen-bond donors (Lipinski definition) is 3. The van der Waals surface area contributed by atoms with Crippen LogP contribution in [0, 0.1) is 0 Å². The molecule has 0 saturated carbocycles. The zero-order valence-corrected chi connectivity index (χ0v) is 20.2. The highest BCUT2D eigenvalue weighted by Crippen LogP contribution is 2.23. The maximum Gasteiger partial charge on any atom is 0.323 e. The Morgan fingerprint density at radius 3 is 2.41 bits per heavy atom. The molecule has 8 nitrogen and oxygen atoms in total. The van der Waals surface area contributed by atoms with Gasteiger partial charge in [-0.3, -0.25) is 20.2 Å². The average molecular weight is 486 g/mol. The standard InChI is InChI=1S/C25H28ClN3O5/c1-15(24(32)33-25(2,3)4)27-20(23(31)28-22-14-21(30)29-34-22)12-16-8-10-17(11-9-16)18-6-5-7-19(26)13-18/h5-11,13-15,20,27H,12H2,1-4H3,(H,28,31)(H,29,30)/t15?,20-/m0/s1. The van der Waals surface area contributed by atoms with Gasteiger partial charge in [0.15, 0.2) is 0 Å². The van der Waals surface area contributed by atoms with Crippen LogP contribution in [0.4, 0.5) is 5.88 Å². The molecule has 2 aromatic carbocycles. The molecule has 0 aliphatic rings. The molecule has 180 valence electrons. The Kier molecular flexibility index (Phi) is 7.96. The van der Waals surface area contributed by atoms with Gasteiger partial charge >= 0.3 is 5.97 Å². The minimum atomic E-state index is -0.799. The fourth-order valence-electron chi connectivity index (χ4n) is 3.26. The molecule has 9 heteroatoms. The van der Waals surface area contributed by atoms with E-state index in [0.717, 1.165) is 16.7 Å². The molecule has 0 fully saturated rings. The first kappa shape index (κ1) is 25.3. The van der Waals surface area contributed by atoms with E-state index in [1.165, 1.54) is 6.07 Å². The molecule has 1 amide bonds. The first-order valence-electron chi connectivity index (χ1n) is 10.8. The summed E-state index contributed by atoms with van der Waals surface area (Å²) in [5.41, 5.74) is 2.18. The molecule has 1 aromatic heterocycles. The van der Waals surface area contributed by atoms with Crippen molar-refractivity contribution in [1.29, 1.82) is 0 Å². The maximum absolute atomic E-state index is 13.0. The van der Waals surface area contributed by atoms with Gasteiger partial charge < -0.3 is 14.4 Å². The van der Waals surface area contributed by atoms with Crippen molar-refractivity contribution in [3.8, 4) is 17.0 Å². The number of benzene rings is 2. The van der Waals surface area contributed by atoms with E-state index in [2.05, 4.69) is 15.8 Å². The van der Waals surface area contributed by atoms with Crippen molar-refractivity contribution in [3.63, 3.8) is 0 Å². The molecule has 0 spiro atoms. The topological polar surface area (TPSA) is 114 Å². The molecule has 0 aliphatic heterocycles. The third kappa shape index (κ3) is 7.33. The van der Waals surface area contributed by atoms with Crippen LogP contribution >= 0.6 is 11.6 Å². The van der Waals surface area contributed by atoms with Crippen molar-refractivity contribution < 1.29 is 24.0 Å². The zero-order chi connectivity index (χ0) is 24.9. The van der Waals surface area contributed by atoms with Crippen molar-refractivity contribution in [3.05, 3.63) is 65.2 Å². The Morgan fingerprint density at radius 1 is 1.12 bits per heavy atom. The number of rotatable bonds is 8. The molecular formula is C25H28ClN3O5. The summed E-state index contributed by atoms with van der Waals surface area (Å²) in [6.45, 7) is 6.97. The Morgan fingerprint density at radius 2 is 1.82 bits per heavy atom. The van der Waals surface area contributed by atoms with E-state index in [1.807, 2.05) is 48.5 Å². The number of esters is 1. The van der Waals surface area contributed by atoms with Gasteiger partial charge in [-0.1, -0.05) is 48.0 Å². The van der Waals surface area contributed by atoms with Gasteiger partial charge in [0.05, 0.1) is 12.1 Å². The maximum atomic E-state index is 13.0. The summed E-state index contributed by atoms with van der Waals surface area (Å²) < 4.78 is 10.3. The number of nitrogens with one attached hydrogen (secondary N) is 2. The molecule has 1 heterocycles. The summed E-state index contributed by atoms with van der Waals surface area (Å²) in [7, 11) is 0. The second kappa shape index (κ2) is 10.7. The van der Waals surface area contributed by atoms with Crippen LogP contribution < -0.4 is 10.6 Å². The lowest BCUT2D eigenvalue weighted by molar-refractivity contribution is -0.157. The van der Waals surface area contributed by atoms with Crippen LogP contribution in [0.3, 0.4) is 0 Å². The smallest absolute Gasteiger partial charge is 0.323 e. The van der Waals surface area contributed by atoms with Crippen LogP contribution in [-0.4, -0.2) is 39.8 Å². The molecular weight excluding hydrogens is 458 g/mol. The lowest BCUT2D eigenvalue weighted by Gasteiger charge is -2.25. The number of halogens is 1. The first-order chi connectivity index (χ1) is 16.0. The number of amides is 1. The van der Waals surface area contributed by atoms with Crippen LogP contribution in [-0.2, 0) is 20.7 Å². The third-order valence-electron chi connectivity index (χ3n) is 4.82. The molecule has 0 aliphatic carbocycles. The predicted molar refractivity (Wildman–Crippen MR) is 130 cm³/mol. The normalized spacial score (nSPS) is 13.2. The lowest BCUT2D eigenvalue weighted by atomic mass is 10.00. The molecule has 0 saturated heterocycles. The number of anilines is 1. The van der Waals surface area contributed by atoms with E-state index in [4.69, 9.17) is 20.9 Å². The largest absolute Gasteiger partial charge is 0.491 e. The van der Waals surface area contributed by atoms with Gasteiger partial charge in [-0.15, -0.1) is 0 Å². The SMILES string of the molecule is CC(N[C@@H](Cc1ccc(-c2cccc(Cl)c2)cc1)C(=O)Nc1cc(O)no1)C(=O)OC(C)(C)C. The highest BCUT2D eigenvalue weighted by atomic mass is 35.5. The molecule has 3 rings (SSSR count). The Bertz CT molecular complexity index is 1140. The molecule has 3 aromatic rings. The van der Waals surface area contributed by atoms with E-state index in [1.54, 1.807) is 27.7 Å². The zero-order valence-electron chi connectivity index (χ0n) is 19.5. The highest BCUT2D eigenvalue weighted by Gasteiger charge is 2.28. The van der Waals surface area contributed by atoms with Crippen molar-refractivity contribution in [1.82, 2.24) is 10.5 Å². The lowest BCUT2D eigenvalue weighted by Crippen LogP contribution is -2.50. The van der Waals surface area contributed by atoms with Crippen molar-refractivity contribution in [2.45, 2.75) is 51.8 Å². The fraction of sp³-hybridized carbons (Fsp3) is 0.320. The Balaban J connectivity index is 1.76. The summed E-state index contributed by atoms with van der Waals surface area (Å²) >= 11 is 6.09. The van der Waals surface area contributed by atoms with Gasteiger partial charge in [-0.05, 0) is 68.1 Å². The number of hydrogen-bond acceptors (Lipinski definition) is 7. The van der Waals surface area contributed by atoms with Gasteiger partial charge in [-0.25, -0.2) is 0 Å². The van der Waals surface area contributed by atoms with Crippen molar-refractivity contribution in [2.75, 3.05) is 5.32 Å². The van der Waals surface area contributed by atoms with Crippen molar-refractivity contribution in [2.24, 2.45) is 0 Å². The Labute approximate surface area is 203 Å². The number of carbonyl (C=O) groups excluding carboxylic acids is 2. The first-order valence-corrected chi connectivity index (χ1v) is 11.2. The number of aromatic hydroxyl groups is 1. The predicted octanol–water partition coefficient (Wildman–Crippen LogP) is 4.57. The molecule has 0 bridgehead atoms. The quantitative estimate of drug-likeness (QED) is 0.400. The van der Waals surface area contributed by atoms with Gasteiger partial charge in [0.2, 0.25) is 11.8 Å². The highest BCUT2D eigenvalue weighted by molar-refractivity contribution is 6.30. The second-order valence-corrected chi connectivity index (χ2v) is 9.36. The fourth-order valence-corrected chi connectivity index (χ4v) is 3.45. The molecule has 34 heavy (non-hydrogen) atoms. The van der Waals surface area contributed by atoms with E-state index in [9.17, 15) is 14.7 Å². The monoisotopic (exact) mass is 485 g/mol. The van der Waals surface area contributed by atoms with Crippen LogP contribution in [0.15, 0.2) is 59.1 Å². The van der Waals surface area contributed by atoms with Crippen LogP contribution in [0.5, 0.6) is 5.88 Å². The van der Waals surface area contributed by atoms with Gasteiger partial charge in [0, 0.05) is 5.02 Å². The molecule has 3 N–H and O–H groups in total. The summed E-state index contributed by atoms with van der Waals surface area (Å²) in [6, 6.07) is 14.9. The number of aromatic nitrogens is 1. The summed E-state index contributed by atoms with van der Waals surface area (Å²) in [5, 5.41) is 19.0. The van der Waals surface area contributed by atoms with Crippen LogP contribution in [0.2, 0.25) is 5.02 Å². The van der Waals surface area contributed by atoms with E-state index < -0.39 is 29.6 Å². The van der Waals surface area contributed by atoms with Gasteiger partial charge in [0.25, 0.3) is 5.88 Å². The van der Waals surface area contributed by atoms with Crippen molar-refractivity contribution >= 4 is 29.4 Å². The van der Waals surface area contributed by atoms with Gasteiger partial charge in [-0.2, -0.15) is 0 Å². The number of ether oxygens (including phenoxy) is 1. The van der Waals surface area contributed by atoms with E-state index >= 15 is 0 Å². The second-order valence-electron chi connectivity index (χ2n) is 8.92. The van der Waals surface area contributed by atoms with Crippen LogP contribution in [0.1, 0.15) is 33.3 Å².